The van der Waals surface area contributed by atoms with Gasteiger partial charge in [-0.05, 0) is 44.4 Å². The molecule has 2 aliphatic carbocycles. The molecule has 13 heteroatoms. The zero-order valence-corrected chi connectivity index (χ0v) is 21.2. The Morgan fingerprint density at radius 2 is 1.95 bits per heavy atom. The summed E-state index contributed by atoms with van der Waals surface area (Å²) in [4.78, 5) is 20.7. The van der Waals surface area contributed by atoms with E-state index in [0.717, 1.165) is 12.8 Å². The molecule has 0 spiro atoms. The first-order chi connectivity index (χ1) is 19.3. The van der Waals surface area contributed by atoms with Crippen molar-refractivity contribution in [3.63, 3.8) is 0 Å². The molecule has 3 fully saturated rings. The minimum absolute atomic E-state index is 0.0320. The predicted molar refractivity (Wildman–Crippen MR) is 135 cm³/mol. The molecule has 9 nitrogen and oxygen atoms in total. The molecule has 7 rings (SSSR count). The SMILES string of the molecule is O=C(Nc1cn2cc(-c3c(C(F)F)c(F)c(C(O)C4CC4)c4c3cnn4C3CCCCO3)ncc2n1)[C@@H]1C[C@@H]1F. The van der Waals surface area contributed by atoms with Crippen molar-refractivity contribution in [2.75, 3.05) is 11.9 Å². The standard InChI is InChI=1S/C27H26F4N6O3/c28-15-7-13(15)27(39)35-17-11-36-10-16(32-9-18(36)34-17)20-14-8-33-37(19-3-1-2-6-40-19)24(14)22(25(38)12-4-5-12)23(29)21(20)26(30)31/h8-13,15,19,25-26,38H,1-7H2,(H,35,39)/t13-,15+,19?,25?/m1/s1. The Morgan fingerprint density at radius 1 is 1.15 bits per heavy atom. The third kappa shape index (κ3) is 4.22. The minimum Gasteiger partial charge on any atom is -0.388 e. The van der Waals surface area contributed by atoms with E-state index in [0.29, 0.717) is 31.5 Å². The van der Waals surface area contributed by atoms with Gasteiger partial charge in [-0.15, -0.1) is 0 Å². The number of carbonyl (C=O) groups is 1. The maximum absolute atomic E-state index is 16.2. The van der Waals surface area contributed by atoms with Gasteiger partial charge in [0, 0.05) is 29.3 Å². The molecule has 1 saturated heterocycles. The second kappa shape index (κ2) is 9.51. The first-order valence-electron chi connectivity index (χ1n) is 13.4. The van der Waals surface area contributed by atoms with Gasteiger partial charge < -0.3 is 19.6 Å². The summed E-state index contributed by atoms with van der Waals surface area (Å²) in [6, 6.07) is 0. The first-order valence-corrected chi connectivity index (χ1v) is 13.4. The molecule has 2 N–H and O–H groups in total. The number of aliphatic hydroxyl groups is 1. The lowest BCUT2D eigenvalue weighted by Gasteiger charge is -2.26. The molecular weight excluding hydrogens is 532 g/mol. The number of anilines is 1. The number of fused-ring (bicyclic) bond motifs is 2. The van der Waals surface area contributed by atoms with Gasteiger partial charge in [-0.1, -0.05) is 0 Å². The molecule has 1 aromatic carbocycles. The number of rotatable bonds is 7. The van der Waals surface area contributed by atoms with Crippen LogP contribution in [0.2, 0.25) is 0 Å². The van der Waals surface area contributed by atoms with E-state index in [-0.39, 0.29) is 45.9 Å². The van der Waals surface area contributed by atoms with Gasteiger partial charge in [0.05, 0.1) is 47.4 Å². The zero-order chi connectivity index (χ0) is 27.7. The number of nitrogens with one attached hydrogen (secondary N) is 1. The van der Waals surface area contributed by atoms with E-state index in [9.17, 15) is 23.1 Å². The van der Waals surface area contributed by atoms with Crippen molar-refractivity contribution in [1.29, 1.82) is 0 Å². The topological polar surface area (TPSA) is 107 Å². The number of hydrogen-bond acceptors (Lipinski definition) is 6. The average molecular weight is 559 g/mol. The summed E-state index contributed by atoms with van der Waals surface area (Å²) < 4.78 is 67.5. The number of amides is 1. The third-order valence-electron chi connectivity index (χ3n) is 7.97. The van der Waals surface area contributed by atoms with Gasteiger partial charge in [-0.2, -0.15) is 5.10 Å². The number of benzene rings is 1. The molecule has 3 aliphatic rings. The molecule has 0 bridgehead atoms. The Balaban J connectivity index is 1.39. The van der Waals surface area contributed by atoms with Crippen LogP contribution in [0.25, 0.3) is 27.8 Å². The van der Waals surface area contributed by atoms with Crippen molar-refractivity contribution in [3.05, 3.63) is 41.7 Å². The van der Waals surface area contributed by atoms with E-state index in [1.54, 1.807) is 0 Å². The summed E-state index contributed by atoms with van der Waals surface area (Å²) in [5.74, 6) is -2.45. The van der Waals surface area contributed by atoms with Gasteiger partial charge in [0.25, 0.3) is 6.43 Å². The summed E-state index contributed by atoms with van der Waals surface area (Å²) in [5.41, 5.74) is -0.652. The largest absolute Gasteiger partial charge is 0.388 e. The maximum atomic E-state index is 16.2. The fraction of sp³-hybridized carbons (Fsp3) is 0.481. The van der Waals surface area contributed by atoms with E-state index in [4.69, 9.17) is 4.74 Å². The van der Waals surface area contributed by atoms with Crippen LogP contribution in [0.1, 0.15) is 68.4 Å². The second-order valence-electron chi connectivity index (χ2n) is 10.8. The molecule has 2 unspecified atom stereocenters. The van der Waals surface area contributed by atoms with Crippen molar-refractivity contribution in [2.45, 2.75) is 63.5 Å². The predicted octanol–water partition coefficient (Wildman–Crippen LogP) is 5.26. The van der Waals surface area contributed by atoms with E-state index in [1.807, 2.05) is 0 Å². The van der Waals surface area contributed by atoms with Crippen molar-refractivity contribution >= 4 is 28.3 Å². The Morgan fingerprint density at radius 3 is 2.62 bits per heavy atom. The van der Waals surface area contributed by atoms with Crippen LogP contribution < -0.4 is 5.32 Å². The first kappa shape index (κ1) is 25.4. The third-order valence-corrected chi connectivity index (χ3v) is 7.97. The summed E-state index contributed by atoms with van der Waals surface area (Å²) >= 11 is 0. The van der Waals surface area contributed by atoms with E-state index in [2.05, 4.69) is 20.4 Å². The van der Waals surface area contributed by atoms with Gasteiger partial charge in [0.15, 0.2) is 17.7 Å². The zero-order valence-electron chi connectivity index (χ0n) is 21.2. The highest BCUT2D eigenvalue weighted by Crippen LogP contribution is 2.49. The van der Waals surface area contributed by atoms with Crippen LogP contribution in [0.15, 0.2) is 24.8 Å². The van der Waals surface area contributed by atoms with Crippen LogP contribution in [0.5, 0.6) is 0 Å². The quantitative estimate of drug-likeness (QED) is 0.300. The Labute approximate surface area is 225 Å². The minimum atomic E-state index is -3.21. The Kier molecular flexibility index (Phi) is 6.04. The average Bonchev–Trinajstić information content (AvgIpc) is 3.84. The molecule has 2 saturated carbocycles. The second-order valence-corrected chi connectivity index (χ2v) is 10.8. The van der Waals surface area contributed by atoms with Gasteiger partial charge in [0.2, 0.25) is 5.91 Å². The highest BCUT2D eigenvalue weighted by atomic mass is 19.3. The lowest BCUT2D eigenvalue weighted by Crippen LogP contribution is -2.20. The van der Waals surface area contributed by atoms with Crippen molar-refractivity contribution in [2.24, 2.45) is 11.8 Å². The smallest absolute Gasteiger partial charge is 0.267 e. The molecule has 4 aromatic rings. The van der Waals surface area contributed by atoms with E-state index < -0.39 is 48.1 Å². The number of aliphatic hydroxyl groups excluding tert-OH is 1. The van der Waals surface area contributed by atoms with E-state index >= 15 is 4.39 Å². The number of carbonyl (C=O) groups excluding carboxylic acids is 1. The van der Waals surface area contributed by atoms with Crippen LogP contribution in [0.3, 0.4) is 0 Å². The van der Waals surface area contributed by atoms with Crippen LogP contribution >= 0.6 is 0 Å². The van der Waals surface area contributed by atoms with E-state index in [1.165, 1.54) is 33.9 Å². The highest BCUT2D eigenvalue weighted by molar-refractivity contribution is 5.98. The number of hydrogen-bond donors (Lipinski definition) is 2. The van der Waals surface area contributed by atoms with Crippen molar-refractivity contribution in [3.8, 4) is 11.3 Å². The van der Waals surface area contributed by atoms with Gasteiger partial charge in [-0.3, -0.25) is 9.78 Å². The van der Waals surface area contributed by atoms with Crippen LogP contribution in [0, 0.1) is 17.7 Å². The number of ether oxygens (including phenoxy) is 1. The maximum Gasteiger partial charge on any atom is 0.267 e. The normalized spacial score (nSPS) is 23.7. The van der Waals surface area contributed by atoms with Crippen molar-refractivity contribution in [1.82, 2.24) is 24.1 Å². The monoisotopic (exact) mass is 558 g/mol. The lowest BCUT2D eigenvalue weighted by atomic mass is 9.92. The molecular formula is C27H26F4N6O3. The Bertz CT molecular complexity index is 1630. The number of halogens is 4. The molecule has 40 heavy (non-hydrogen) atoms. The number of nitrogens with zero attached hydrogens (tertiary/aromatic N) is 5. The summed E-state index contributed by atoms with van der Waals surface area (Å²) in [7, 11) is 0. The highest BCUT2D eigenvalue weighted by Gasteiger charge is 2.44. The Hall–Kier alpha value is -3.58. The van der Waals surface area contributed by atoms with Gasteiger partial charge >= 0.3 is 0 Å². The fourth-order valence-electron chi connectivity index (χ4n) is 5.59. The number of imidazole rings is 1. The summed E-state index contributed by atoms with van der Waals surface area (Å²) in [6.45, 7) is 0.488. The molecule has 4 heterocycles. The summed E-state index contributed by atoms with van der Waals surface area (Å²) in [6.07, 6.45) is 3.27. The van der Waals surface area contributed by atoms with Crippen LogP contribution in [-0.4, -0.2) is 47.9 Å². The molecule has 210 valence electrons. The lowest BCUT2D eigenvalue weighted by molar-refractivity contribution is -0.117. The van der Waals surface area contributed by atoms with Crippen LogP contribution in [-0.2, 0) is 9.53 Å². The number of alkyl halides is 3. The van der Waals surface area contributed by atoms with Crippen molar-refractivity contribution < 1.29 is 32.2 Å². The van der Waals surface area contributed by atoms with Gasteiger partial charge in [0.1, 0.15) is 12.0 Å². The molecule has 1 aliphatic heterocycles. The summed E-state index contributed by atoms with van der Waals surface area (Å²) in [5, 5.41) is 18.3. The van der Waals surface area contributed by atoms with Crippen LogP contribution in [0.4, 0.5) is 23.4 Å². The van der Waals surface area contributed by atoms with Gasteiger partial charge in [-0.25, -0.2) is 27.2 Å². The molecule has 1 amide bonds. The fourth-order valence-corrected chi connectivity index (χ4v) is 5.59. The molecule has 3 aromatic heterocycles. The molecule has 4 atom stereocenters. The molecule has 0 radical (unpaired) electrons. The number of aromatic nitrogens is 5.